The van der Waals surface area contributed by atoms with E-state index in [1.54, 1.807) is 0 Å². The lowest BCUT2D eigenvalue weighted by Crippen LogP contribution is -2.31. The highest BCUT2D eigenvalue weighted by molar-refractivity contribution is 6.30. The molecule has 1 aliphatic rings. The summed E-state index contributed by atoms with van der Waals surface area (Å²) in [6.07, 6.45) is 7.75. The van der Waals surface area contributed by atoms with E-state index >= 15 is 0 Å². The Kier molecular flexibility index (Phi) is 4.27. The minimum atomic E-state index is 0.726. The molecule has 25 heavy (non-hydrogen) atoms. The minimum Gasteiger partial charge on any atom is -0.340 e. The van der Waals surface area contributed by atoms with Crippen molar-refractivity contribution in [2.75, 3.05) is 15.3 Å². The summed E-state index contributed by atoms with van der Waals surface area (Å²) in [5.74, 6) is 0. The van der Waals surface area contributed by atoms with Crippen LogP contribution in [-0.2, 0) is 6.54 Å². The molecule has 0 aliphatic carbocycles. The molecular formula is C20H17ClN4. The first kappa shape index (κ1) is 15.5. The predicted molar refractivity (Wildman–Crippen MR) is 104 cm³/mol. The normalized spacial score (nSPS) is 12.8. The van der Waals surface area contributed by atoms with Crippen LogP contribution >= 0.6 is 11.6 Å². The molecule has 1 aromatic heterocycles. The number of hydrogen-bond acceptors (Lipinski definition) is 4. The van der Waals surface area contributed by atoms with Crippen LogP contribution in [0.4, 0.5) is 17.1 Å². The summed E-state index contributed by atoms with van der Waals surface area (Å²) in [6, 6.07) is 20.1. The maximum absolute atomic E-state index is 5.97. The Balaban J connectivity index is 1.60. The van der Waals surface area contributed by atoms with Gasteiger partial charge >= 0.3 is 0 Å². The highest BCUT2D eigenvalue weighted by Crippen LogP contribution is 2.34. The fourth-order valence-electron chi connectivity index (χ4n) is 2.80. The van der Waals surface area contributed by atoms with Crippen molar-refractivity contribution in [1.29, 1.82) is 0 Å². The zero-order chi connectivity index (χ0) is 17.1. The van der Waals surface area contributed by atoms with Gasteiger partial charge in [-0.3, -0.25) is 15.4 Å². The lowest BCUT2D eigenvalue weighted by atomic mass is 10.2. The van der Waals surface area contributed by atoms with Gasteiger partial charge in [-0.05, 0) is 54.1 Å². The zero-order valence-corrected chi connectivity index (χ0v) is 14.3. The van der Waals surface area contributed by atoms with Crippen LogP contribution in [0, 0.1) is 0 Å². The van der Waals surface area contributed by atoms with Gasteiger partial charge in [0.1, 0.15) is 0 Å². The minimum absolute atomic E-state index is 0.726. The first-order valence-corrected chi connectivity index (χ1v) is 8.42. The molecule has 0 radical (unpaired) electrons. The van der Waals surface area contributed by atoms with Gasteiger partial charge in [0, 0.05) is 36.4 Å². The van der Waals surface area contributed by atoms with Crippen molar-refractivity contribution in [2.45, 2.75) is 6.54 Å². The van der Waals surface area contributed by atoms with Crippen LogP contribution in [0.2, 0.25) is 5.02 Å². The van der Waals surface area contributed by atoms with Gasteiger partial charge in [0.15, 0.2) is 0 Å². The van der Waals surface area contributed by atoms with Crippen LogP contribution in [0.25, 0.3) is 0 Å². The highest BCUT2D eigenvalue weighted by Gasteiger charge is 2.18. The van der Waals surface area contributed by atoms with E-state index in [2.05, 4.69) is 39.7 Å². The molecular weight excluding hydrogens is 332 g/mol. The van der Waals surface area contributed by atoms with Gasteiger partial charge in [0.25, 0.3) is 0 Å². The van der Waals surface area contributed by atoms with Crippen molar-refractivity contribution in [1.82, 2.24) is 4.98 Å². The van der Waals surface area contributed by atoms with E-state index in [0.717, 1.165) is 28.6 Å². The van der Waals surface area contributed by atoms with Crippen LogP contribution in [0.3, 0.4) is 0 Å². The quantitative estimate of drug-likeness (QED) is 0.714. The van der Waals surface area contributed by atoms with Crippen molar-refractivity contribution >= 4 is 28.7 Å². The molecule has 0 saturated carbocycles. The van der Waals surface area contributed by atoms with E-state index in [9.17, 15) is 0 Å². The summed E-state index contributed by atoms with van der Waals surface area (Å²) in [6.45, 7) is 0.796. The second-order valence-corrected chi connectivity index (χ2v) is 6.20. The Morgan fingerprint density at radius 2 is 1.56 bits per heavy atom. The molecule has 1 aliphatic heterocycles. The first-order chi connectivity index (χ1) is 12.3. The molecule has 3 aromatic rings. The molecule has 4 nitrogen and oxygen atoms in total. The lowest BCUT2D eigenvalue weighted by molar-refractivity contribution is 0.932. The largest absolute Gasteiger partial charge is 0.340 e. The molecule has 0 atom stereocenters. The molecule has 2 aromatic carbocycles. The van der Waals surface area contributed by atoms with Gasteiger partial charge in [-0.25, -0.2) is 0 Å². The second-order valence-electron chi connectivity index (χ2n) is 5.76. The predicted octanol–water partition coefficient (Wildman–Crippen LogP) is 5.06. The van der Waals surface area contributed by atoms with Crippen LogP contribution in [0.5, 0.6) is 0 Å². The maximum Gasteiger partial charge on any atom is 0.0860 e. The number of nitrogens with one attached hydrogen (secondary N) is 1. The number of halogens is 1. The third-order valence-corrected chi connectivity index (χ3v) is 4.29. The summed E-state index contributed by atoms with van der Waals surface area (Å²) in [5, 5.41) is 2.74. The van der Waals surface area contributed by atoms with Gasteiger partial charge in [0.05, 0.1) is 17.1 Å². The van der Waals surface area contributed by atoms with E-state index in [1.807, 2.05) is 66.1 Å². The number of pyridine rings is 1. The SMILES string of the molecule is Clc1ccc(NN2C=CN(Cc3ccncc3)c3ccccc32)cc1. The molecule has 5 heteroatoms. The van der Waals surface area contributed by atoms with Crippen LogP contribution in [-0.4, -0.2) is 4.98 Å². The fraction of sp³-hybridized carbons (Fsp3) is 0.0500. The molecule has 0 bridgehead atoms. The highest BCUT2D eigenvalue weighted by atomic mass is 35.5. The number of nitrogens with zero attached hydrogens (tertiary/aromatic N) is 3. The van der Waals surface area contributed by atoms with E-state index < -0.39 is 0 Å². The zero-order valence-electron chi connectivity index (χ0n) is 13.5. The Bertz CT molecular complexity index is 878. The summed E-state index contributed by atoms with van der Waals surface area (Å²) in [5.41, 5.74) is 7.83. The average Bonchev–Trinajstić information content (AvgIpc) is 2.66. The van der Waals surface area contributed by atoms with Crippen LogP contribution < -0.4 is 15.3 Å². The molecule has 4 rings (SSSR count). The van der Waals surface area contributed by atoms with Crippen LogP contribution in [0.1, 0.15) is 5.56 Å². The molecule has 0 unspecified atom stereocenters. The lowest BCUT2D eigenvalue weighted by Gasteiger charge is -2.34. The van der Waals surface area contributed by atoms with Gasteiger partial charge in [-0.15, -0.1) is 0 Å². The van der Waals surface area contributed by atoms with Crippen molar-refractivity contribution in [3.63, 3.8) is 0 Å². The van der Waals surface area contributed by atoms with Crippen LogP contribution in [0.15, 0.2) is 85.5 Å². The number of rotatable bonds is 4. The van der Waals surface area contributed by atoms with Crippen molar-refractivity contribution in [3.8, 4) is 0 Å². The second kappa shape index (κ2) is 6.87. The number of anilines is 3. The van der Waals surface area contributed by atoms with E-state index in [1.165, 1.54) is 5.56 Å². The Morgan fingerprint density at radius 3 is 2.32 bits per heavy atom. The molecule has 0 saturated heterocycles. The van der Waals surface area contributed by atoms with E-state index in [0.29, 0.717) is 0 Å². The standard InChI is InChI=1S/C20H17ClN4/c21-17-5-7-18(8-6-17)23-25-14-13-24(15-16-9-11-22-12-10-16)19-3-1-2-4-20(19)25/h1-14,23H,15H2. The summed E-state index contributed by atoms with van der Waals surface area (Å²) in [4.78, 5) is 6.31. The van der Waals surface area contributed by atoms with Gasteiger partial charge in [-0.1, -0.05) is 23.7 Å². The van der Waals surface area contributed by atoms with Gasteiger partial charge in [0.2, 0.25) is 0 Å². The topological polar surface area (TPSA) is 31.4 Å². The number of hydrogen-bond donors (Lipinski definition) is 1. The third-order valence-electron chi connectivity index (χ3n) is 4.04. The Labute approximate surface area is 152 Å². The number of para-hydroxylation sites is 2. The molecule has 2 heterocycles. The first-order valence-electron chi connectivity index (χ1n) is 8.04. The smallest absolute Gasteiger partial charge is 0.0860 e. The third kappa shape index (κ3) is 3.44. The fourth-order valence-corrected chi connectivity index (χ4v) is 2.93. The number of fused-ring (bicyclic) bond motifs is 1. The Hall–Kier alpha value is -2.98. The number of benzene rings is 2. The van der Waals surface area contributed by atoms with Crippen molar-refractivity contribution in [2.24, 2.45) is 0 Å². The number of hydrazine groups is 1. The average molecular weight is 349 g/mol. The van der Waals surface area contributed by atoms with Gasteiger partial charge in [-0.2, -0.15) is 0 Å². The molecule has 1 N–H and O–H groups in total. The van der Waals surface area contributed by atoms with Crippen molar-refractivity contribution in [3.05, 3.63) is 96.0 Å². The number of aromatic nitrogens is 1. The Morgan fingerprint density at radius 1 is 0.840 bits per heavy atom. The summed E-state index contributed by atoms with van der Waals surface area (Å²) < 4.78 is 0. The molecule has 0 spiro atoms. The summed E-state index contributed by atoms with van der Waals surface area (Å²) >= 11 is 5.97. The van der Waals surface area contributed by atoms with E-state index in [-0.39, 0.29) is 0 Å². The van der Waals surface area contributed by atoms with E-state index in [4.69, 9.17) is 11.6 Å². The summed E-state index contributed by atoms with van der Waals surface area (Å²) in [7, 11) is 0. The monoisotopic (exact) mass is 348 g/mol. The molecule has 0 fully saturated rings. The molecule has 124 valence electrons. The van der Waals surface area contributed by atoms with Crippen molar-refractivity contribution < 1.29 is 0 Å². The van der Waals surface area contributed by atoms with Gasteiger partial charge < -0.3 is 4.90 Å². The maximum atomic E-state index is 5.97. The molecule has 0 amide bonds.